The van der Waals surface area contributed by atoms with Gasteiger partial charge in [-0.1, -0.05) is 72.5 Å². The Morgan fingerprint density at radius 1 is 1.17 bits per heavy atom. The van der Waals surface area contributed by atoms with Crippen LogP contribution in [-0.2, 0) is 9.59 Å². The van der Waals surface area contributed by atoms with Crippen molar-refractivity contribution in [2.45, 2.75) is 26.7 Å². The number of rotatable bonds is 7. The lowest BCUT2D eigenvalue weighted by molar-refractivity contribution is -0.122. The molecule has 1 saturated heterocycles. The molecule has 154 valence electrons. The molecule has 6 heteroatoms. The van der Waals surface area contributed by atoms with Crippen LogP contribution in [-0.4, -0.2) is 27.6 Å². The third kappa shape index (κ3) is 6.15. The molecule has 0 unspecified atom stereocenters. The van der Waals surface area contributed by atoms with Gasteiger partial charge in [0.05, 0.1) is 4.91 Å². The number of amides is 2. The first kappa shape index (κ1) is 22.0. The molecule has 3 rings (SSSR count). The Kier molecular flexibility index (Phi) is 7.60. The number of anilines is 1. The van der Waals surface area contributed by atoms with Crippen molar-refractivity contribution in [2.24, 2.45) is 0 Å². The molecule has 1 N–H and O–H groups in total. The van der Waals surface area contributed by atoms with Gasteiger partial charge in [-0.05, 0) is 55.2 Å². The van der Waals surface area contributed by atoms with Crippen LogP contribution in [0.25, 0.3) is 6.08 Å². The van der Waals surface area contributed by atoms with Crippen LogP contribution in [0, 0.1) is 6.92 Å². The smallest absolute Gasteiger partial charge is 0.266 e. The number of nitrogens with one attached hydrogen (secondary N) is 1. The maximum Gasteiger partial charge on any atom is 0.266 e. The molecule has 0 saturated carbocycles. The summed E-state index contributed by atoms with van der Waals surface area (Å²) in [5.74, 6) is -0.159. The molecule has 30 heavy (non-hydrogen) atoms. The van der Waals surface area contributed by atoms with Gasteiger partial charge in [0.2, 0.25) is 5.91 Å². The number of carbonyl (C=O) groups is 2. The number of thiocarbonyl (C=S) groups is 1. The fourth-order valence-electron chi connectivity index (χ4n) is 3.10. The first-order valence-electron chi connectivity index (χ1n) is 9.77. The normalized spacial score (nSPS) is 15.7. The first-order valence-corrected chi connectivity index (χ1v) is 11.0. The summed E-state index contributed by atoms with van der Waals surface area (Å²) in [7, 11) is 0. The van der Waals surface area contributed by atoms with Crippen molar-refractivity contribution in [2.75, 3.05) is 11.9 Å². The Morgan fingerprint density at radius 2 is 1.93 bits per heavy atom. The highest BCUT2D eigenvalue weighted by Crippen LogP contribution is 2.32. The second-order valence-electron chi connectivity index (χ2n) is 7.15. The molecule has 4 nitrogen and oxygen atoms in total. The minimum atomic E-state index is -0.0927. The maximum absolute atomic E-state index is 12.7. The summed E-state index contributed by atoms with van der Waals surface area (Å²) in [6.45, 7) is 4.38. The van der Waals surface area contributed by atoms with E-state index in [2.05, 4.69) is 5.32 Å². The summed E-state index contributed by atoms with van der Waals surface area (Å²) in [5.41, 5.74) is 3.95. The minimum Gasteiger partial charge on any atom is -0.326 e. The SMILES string of the molecule is CC(/C=C1\SC(=S)N(CCCC(=O)Nc2cccc(C)c2)C1=O)=C\c1ccccc1. The van der Waals surface area contributed by atoms with Crippen molar-refractivity contribution >= 4 is 51.9 Å². The van der Waals surface area contributed by atoms with Crippen LogP contribution < -0.4 is 5.32 Å². The second kappa shape index (κ2) is 10.4. The van der Waals surface area contributed by atoms with E-state index in [0.29, 0.717) is 28.6 Å². The zero-order valence-electron chi connectivity index (χ0n) is 17.1. The van der Waals surface area contributed by atoms with Crippen LogP contribution in [0.2, 0.25) is 0 Å². The third-order valence-corrected chi connectivity index (χ3v) is 5.89. The molecule has 2 aromatic carbocycles. The van der Waals surface area contributed by atoms with Gasteiger partial charge >= 0.3 is 0 Å². The number of aryl methyl sites for hydroxylation is 1. The molecule has 2 aromatic rings. The molecule has 1 aliphatic rings. The van der Waals surface area contributed by atoms with E-state index < -0.39 is 0 Å². The lowest BCUT2D eigenvalue weighted by Crippen LogP contribution is -2.29. The molecule has 0 radical (unpaired) electrons. The van der Waals surface area contributed by atoms with Crippen molar-refractivity contribution in [3.63, 3.8) is 0 Å². The molecule has 1 aliphatic heterocycles. The van der Waals surface area contributed by atoms with Crippen molar-refractivity contribution in [3.8, 4) is 0 Å². The number of benzene rings is 2. The number of hydrogen-bond acceptors (Lipinski definition) is 4. The van der Waals surface area contributed by atoms with Gasteiger partial charge in [0, 0.05) is 18.7 Å². The average molecular weight is 437 g/mol. The van der Waals surface area contributed by atoms with Gasteiger partial charge < -0.3 is 5.32 Å². The Balaban J connectivity index is 1.53. The van der Waals surface area contributed by atoms with Gasteiger partial charge in [0.1, 0.15) is 4.32 Å². The van der Waals surface area contributed by atoms with E-state index in [4.69, 9.17) is 12.2 Å². The number of nitrogens with zero attached hydrogens (tertiary/aromatic N) is 1. The Labute approximate surface area is 187 Å². The summed E-state index contributed by atoms with van der Waals surface area (Å²) < 4.78 is 0.540. The largest absolute Gasteiger partial charge is 0.326 e. The Hall–Kier alpha value is -2.70. The molecule has 1 fully saturated rings. The van der Waals surface area contributed by atoms with Crippen LogP contribution in [0.3, 0.4) is 0 Å². The molecule has 0 aromatic heterocycles. The Bertz CT molecular complexity index is 1010. The van der Waals surface area contributed by atoms with E-state index >= 15 is 0 Å². The van der Waals surface area contributed by atoms with E-state index in [1.165, 1.54) is 11.8 Å². The standard InChI is InChI=1S/C24H24N2O2S2/c1-17-8-6-11-20(15-17)25-22(27)12-7-13-26-23(28)21(30-24(26)29)16-18(2)14-19-9-4-3-5-10-19/h3-6,8-11,14-16H,7,12-13H2,1-2H3,(H,25,27)/b18-14+,21-16-. The van der Waals surface area contributed by atoms with Gasteiger partial charge in [0.15, 0.2) is 0 Å². The fraction of sp³-hybridized carbons (Fsp3) is 0.208. The summed E-state index contributed by atoms with van der Waals surface area (Å²) in [5, 5.41) is 2.89. The summed E-state index contributed by atoms with van der Waals surface area (Å²) in [6.07, 6.45) is 4.78. The van der Waals surface area contributed by atoms with Crippen molar-refractivity contribution in [3.05, 3.63) is 82.3 Å². The topological polar surface area (TPSA) is 49.4 Å². The molecule has 0 aliphatic carbocycles. The molecular formula is C24H24N2O2S2. The monoisotopic (exact) mass is 436 g/mol. The van der Waals surface area contributed by atoms with E-state index in [-0.39, 0.29) is 11.8 Å². The quantitative estimate of drug-likeness (QED) is 0.456. The summed E-state index contributed by atoms with van der Waals surface area (Å²) in [6, 6.07) is 17.6. The van der Waals surface area contributed by atoms with Gasteiger partial charge in [-0.2, -0.15) is 0 Å². The van der Waals surface area contributed by atoms with Gasteiger partial charge in [-0.3, -0.25) is 14.5 Å². The van der Waals surface area contributed by atoms with Gasteiger partial charge in [-0.15, -0.1) is 0 Å². The summed E-state index contributed by atoms with van der Waals surface area (Å²) in [4.78, 5) is 27.1. The zero-order chi connectivity index (χ0) is 21.5. The number of allylic oxidation sites excluding steroid dienone is 2. The van der Waals surface area contributed by atoms with Crippen LogP contribution in [0.5, 0.6) is 0 Å². The highest BCUT2D eigenvalue weighted by atomic mass is 32.2. The van der Waals surface area contributed by atoms with E-state index in [9.17, 15) is 9.59 Å². The lowest BCUT2D eigenvalue weighted by Gasteiger charge is -2.14. The second-order valence-corrected chi connectivity index (χ2v) is 8.83. The van der Waals surface area contributed by atoms with Gasteiger partial charge in [-0.25, -0.2) is 0 Å². The number of thioether (sulfide) groups is 1. The highest BCUT2D eigenvalue weighted by Gasteiger charge is 2.31. The van der Waals surface area contributed by atoms with Crippen LogP contribution >= 0.6 is 24.0 Å². The zero-order valence-corrected chi connectivity index (χ0v) is 18.7. The fourth-order valence-corrected chi connectivity index (χ4v) is 4.46. The first-order chi connectivity index (χ1) is 14.4. The maximum atomic E-state index is 12.7. The molecule has 0 bridgehead atoms. The van der Waals surface area contributed by atoms with Crippen molar-refractivity contribution < 1.29 is 9.59 Å². The van der Waals surface area contributed by atoms with Crippen LogP contribution in [0.15, 0.2) is 71.2 Å². The van der Waals surface area contributed by atoms with E-state index in [0.717, 1.165) is 22.4 Å². The molecule has 2 amide bonds. The third-order valence-electron chi connectivity index (χ3n) is 4.51. The van der Waals surface area contributed by atoms with Crippen molar-refractivity contribution in [1.29, 1.82) is 0 Å². The minimum absolute atomic E-state index is 0.0665. The Morgan fingerprint density at radius 3 is 2.67 bits per heavy atom. The predicted molar refractivity (Wildman–Crippen MR) is 129 cm³/mol. The average Bonchev–Trinajstić information content (AvgIpc) is 2.96. The van der Waals surface area contributed by atoms with E-state index in [1.807, 2.05) is 80.6 Å². The van der Waals surface area contributed by atoms with Crippen LogP contribution in [0.1, 0.15) is 30.9 Å². The van der Waals surface area contributed by atoms with Crippen LogP contribution in [0.4, 0.5) is 5.69 Å². The highest BCUT2D eigenvalue weighted by molar-refractivity contribution is 8.26. The number of carbonyl (C=O) groups excluding carboxylic acids is 2. The number of hydrogen-bond donors (Lipinski definition) is 1. The van der Waals surface area contributed by atoms with Gasteiger partial charge in [0.25, 0.3) is 5.91 Å². The molecule has 1 heterocycles. The van der Waals surface area contributed by atoms with E-state index in [1.54, 1.807) is 4.90 Å². The summed E-state index contributed by atoms with van der Waals surface area (Å²) >= 11 is 6.69. The molecular weight excluding hydrogens is 412 g/mol. The predicted octanol–water partition coefficient (Wildman–Crippen LogP) is 5.56. The molecule has 0 atom stereocenters. The molecule has 0 spiro atoms. The van der Waals surface area contributed by atoms with Crippen molar-refractivity contribution in [1.82, 2.24) is 4.90 Å². The lowest BCUT2D eigenvalue weighted by atomic mass is 10.1.